The van der Waals surface area contributed by atoms with Crippen LogP contribution in [0.15, 0.2) is 36.4 Å². The van der Waals surface area contributed by atoms with E-state index in [1.54, 1.807) is 42.5 Å². The normalized spacial score (nSPS) is 13.8. The molecule has 1 aliphatic heterocycles. The Morgan fingerprint density at radius 3 is 2.71 bits per heavy atom. The summed E-state index contributed by atoms with van der Waals surface area (Å²) in [6.07, 6.45) is 1.77. The maximum absolute atomic E-state index is 12.3. The molecule has 2 N–H and O–H groups in total. The van der Waals surface area contributed by atoms with Crippen molar-refractivity contribution in [1.82, 2.24) is 5.32 Å². The van der Waals surface area contributed by atoms with Crippen LogP contribution in [0, 0.1) is 0 Å². The van der Waals surface area contributed by atoms with Gasteiger partial charge in [0, 0.05) is 28.4 Å². The third-order valence-electron chi connectivity index (χ3n) is 4.08. The zero-order valence-corrected chi connectivity index (χ0v) is 16.4. The number of ether oxygens (including phenoxy) is 2. The number of carbonyl (C=O) groups excluding carboxylic acids is 2. The number of nitrogens with one attached hydrogen (secondary N) is 2. The second-order valence-corrected chi connectivity index (χ2v) is 6.52. The van der Waals surface area contributed by atoms with Crippen molar-refractivity contribution in [3.8, 4) is 11.5 Å². The van der Waals surface area contributed by atoms with Gasteiger partial charge in [-0.1, -0.05) is 17.7 Å². The quantitative estimate of drug-likeness (QED) is 0.694. The number of likely N-dealkylation sites (N-methyl/N-ethyl adjacent to an activating group) is 1. The molecule has 2 aromatic rings. The number of rotatable bonds is 7. The lowest BCUT2D eigenvalue weighted by Crippen LogP contribution is -2.28. The van der Waals surface area contributed by atoms with E-state index in [0.717, 1.165) is 16.8 Å². The lowest BCUT2D eigenvalue weighted by molar-refractivity contribution is -0.123. The minimum atomic E-state index is -0.202. The van der Waals surface area contributed by atoms with Gasteiger partial charge in [-0.05, 0) is 55.8 Å². The van der Waals surface area contributed by atoms with Crippen molar-refractivity contribution in [3.05, 3.63) is 52.5 Å². The van der Waals surface area contributed by atoms with Crippen LogP contribution in [0.25, 0.3) is 11.6 Å². The third-order valence-corrected chi connectivity index (χ3v) is 4.31. The summed E-state index contributed by atoms with van der Waals surface area (Å²) in [5, 5.41) is 6.06. The highest BCUT2D eigenvalue weighted by Crippen LogP contribution is 2.36. The molecule has 1 heterocycles. The summed E-state index contributed by atoms with van der Waals surface area (Å²) in [6, 6.07) is 10.6. The Balaban J connectivity index is 1.88. The largest absolute Gasteiger partial charge is 0.490 e. The highest BCUT2D eigenvalue weighted by molar-refractivity contribution is 6.36. The lowest BCUT2D eigenvalue weighted by Gasteiger charge is -2.12. The average Bonchev–Trinajstić information content (AvgIpc) is 2.96. The number of halogens is 1. The van der Waals surface area contributed by atoms with E-state index in [9.17, 15) is 9.59 Å². The van der Waals surface area contributed by atoms with Crippen molar-refractivity contribution >= 4 is 40.8 Å². The minimum absolute atomic E-state index is 0.0946. The summed E-state index contributed by atoms with van der Waals surface area (Å²) in [7, 11) is 0. The fourth-order valence-corrected chi connectivity index (χ4v) is 3.04. The van der Waals surface area contributed by atoms with E-state index in [-0.39, 0.29) is 18.4 Å². The number of fused-ring (bicyclic) bond motifs is 1. The Labute approximate surface area is 168 Å². The van der Waals surface area contributed by atoms with Crippen LogP contribution in [0.3, 0.4) is 0 Å². The number of amides is 2. The molecule has 0 saturated carbocycles. The first-order valence-corrected chi connectivity index (χ1v) is 9.39. The van der Waals surface area contributed by atoms with Gasteiger partial charge in [-0.3, -0.25) is 9.59 Å². The second kappa shape index (κ2) is 8.80. The summed E-state index contributed by atoms with van der Waals surface area (Å²) in [4.78, 5) is 24.0. The number of hydrogen-bond acceptors (Lipinski definition) is 4. The highest BCUT2D eigenvalue weighted by atomic mass is 35.5. The SMILES string of the molecule is CCNC(=O)COc1ccc(/C=C2/C(=O)Nc3ccc(Cl)cc32)cc1OCC. The van der Waals surface area contributed by atoms with Gasteiger partial charge in [0.2, 0.25) is 0 Å². The minimum Gasteiger partial charge on any atom is -0.490 e. The molecule has 146 valence electrons. The fourth-order valence-electron chi connectivity index (χ4n) is 2.86. The summed E-state index contributed by atoms with van der Waals surface area (Å²) < 4.78 is 11.2. The molecular formula is C21H21ClN2O4. The predicted octanol–water partition coefficient (Wildman–Crippen LogP) is 3.75. The molecule has 2 amide bonds. The van der Waals surface area contributed by atoms with Crippen LogP contribution in [0.1, 0.15) is 25.0 Å². The Kier molecular flexibility index (Phi) is 6.21. The Hall–Kier alpha value is -2.99. The molecule has 0 atom stereocenters. The summed E-state index contributed by atoms with van der Waals surface area (Å²) >= 11 is 6.07. The molecule has 0 aromatic heterocycles. The van der Waals surface area contributed by atoms with Gasteiger partial charge in [-0.2, -0.15) is 0 Å². The van der Waals surface area contributed by atoms with Crippen molar-refractivity contribution < 1.29 is 19.1 Å². The maximum Gasteiger partial charge on any atom is 0.257 e. The molecular weight excluding hydrogens is 380 g/mol. The van der Waals surface area contributed by atoms with Crippen LogP contribution in [-0.4, -0.2) is 31.6 Å². The number of carbonyl (C=O) groups is 2. The first kappa shape index (κ1) is 19.8. The number of anilines is 1. The zero-order chi connectivity index (χ0) is 20.1. The molecule has 0 unspecified atom stereocenters. The van der Waals surface area contributed by atoms with Gasteiger partial charge in [0.05, 0.1) is 6.61 Å². The molecule has 6 nitrogen and oxygen atoms in total. The van der Waals surface area contributed by atoms with E-state index in [2.05, 4.69) is 10.6 Å². The van der Waals surface area contributed by atoms with Gasteiger partial charge >= 0.3 is 0 Å². The fraction of sp³-hybridized carbons (Fsp3) is 0.238. The molecule has 0 saturated heterocycles. The number of hydrogen-bond donors (Lipinski definition) is 2. The van der Waals surface area contributed by atoms with Gasteiger partial charge in [0.15, 0.2) is 18.1 Å². The van der Waals surface area contributed by atoms with Gasteiger partial charge in [0.1, 0.15) is 0 Å². The topological polar surface area (TPSA) is 76.7 Å². The molecule has 2 aromatic carbocycles. The van der Waals surface area contributed by atoms with E-state index in [1.165, 1.54) is 0 Å². The first-order chi connectivity index (χ1) is 13.5. The van der Waals surface area contributed by atoms with E-state index >= 15 is 0 Å². The molecule has 0 fully saturated rings. The molecule has 0 aliphatic carbocycles. The van der Waals surface area contributed by atoms with Crippen molar-refractivity contribution in [1.29, 1.82) is 0 Å². The van der Waals surface area contributed by atoms with Gasteiger partial charge in [-0.15, -0.1) is 0 Å². The second-order valence-electron chi connectivity index (χ2n) is 6.08. The number of benzene rings is 2. The van der Waals surface area contributed by atoms with Crippen LogP contribution in [0.2, 0.25) is 5.02 Å². The molecule has 0 radical (unpaired) electrons. The van der Waals surface area contributed by atoms with Crippen molar-refractivity contribution in [2.24, 2.45) is 0 Å². The standard InChI is InChI=1S/C21H21ClN2O4/c1-3-23-20(25)12-28-18-8-5-13(10-19(18)27-4-2)9-16-15-11-14(22)6-7-17(15)24-21(16)26/h5-11H,3-4,12H2,1-2H3,(H,23,25)(H,24,26)/b16-9+. The molecule has 3 rings (SSSR count). The Bertz CT molecular complexity index is 940. The lowest BCUT2D eigenvalue weighted by atomic mass is 10.0. The van der Waals surface area contributed by atoms with Gasteiger partial charge in [0.25, 0.3) is 11.8 Å². The van der Waals surface area contributed by atoms with Crippen molar-refractivity contribution in [2.75, 3.05) is 25.1 Å². The van der Waals surface area contributed by atoms with Crippen LogP contribution in [-0.2, 0) is 9.59 Å². The third kappa shape index (κ3) is 4.46. The monoisotopic (exact) mass is 400 g/mol. The Morgan fingerprint density at radius 2 is 1.96 bits per heavy atom. The molecule has 0 spiro atoms. The molecule has 1 aliphatic rings. The van der Waals surface area contributed by atoms with Crippen molar-refractivity contribution in [3.63, 3.8) is 0 Å². The smallest absolute Gasteiger partial charge is 0.257 e. The van der Waals surface area contributed by atoms with Crippen LogP contribution >= 0.6 is 11.6 Å². The summed E-state index contributed by atoms with van der Waals surface area (Å²) in [5.41, 5.74) is 2.78. The Morgan fingerprint density at radius 1 is 1.14 bits per heavy atom. The summed E-state index contributed by atoms with van der Waals surface area (Å²) in [5.74, 6) is 0.583. The van der Waals surface area contributed by atoms with Gasteiger partial charge < -0.3 is 20.1 Å². The summed E-state index contributed by atoms with van der Waals surface area (Å²) in [6.45, 7) is 4.59. The zero-order valence-electron chi connectivity index (χ0n) is 15.7. The first-order valence-electron chi connectivity index (χ1n) is 9.01. The van der Waals surface area contributed by atoms with Crippen LogP contribution < -0.4 is 20.1 Å². The van der Waals surface area contributed by atoms with Crippen LogP contribution in [0.4, 0.5) is 5.69 Å². The van der Waals surface area contributed by atoms with Gasteiger partial charge in [-0.25, -0.2) is 0 Å². The molecule has 7 heteroatoms. The maximum atomic E-state index is 12.3. The average molecular weight is 401 g/mol. The van der Waals surface area contributed by atoms with E-state index in [0.29, 0.717) is 35.2 Å². The molecule has 0 bridgehead atoms. The highest BCUT2D eigenvalue weighted by Gasteiger charge is 2.24. The predicted molar refractivity (Wildman–Crippen MR) is 110 cm³/mol. The van der Waals surface area contributed by atoms with E-state index < -0.39 is 0 Å². The van der Waals surface area contributed by atoms with Crippen molar-refractivity contribution in [2.45, 2.75) is 13.8 Å². The van der Waals surface area contributed by atoms with E-state index in [4.69, 9.17) is 21.1 Å². The van der Waals surface area contributed by atoms with E-state index in [1.807, 2.05) is 13.8 Å². The van der Waals surface area contributed by atoms with Crippen LogP contribution in [0.5, 0.6) is 11.5 Å². The molecule has 28 heavy (non-hydrogen) atoms.